The number of aryl methyl sites for hydroxylation is 1. The van der Waals surface area contributed by atoms with Gasteiger partial charge in [0.25, 0.3) is 0 Å². The van der Waals surface area contributed by atoms with Crippen LogP contribution in [0.15, 0.2) is 24.3 Å². The van der Waals surface area contributed by atoms with Crippen LogP contribution in [-0.2, 0) is 6.42 Å². The van der Waals surface area contributed by atoms with E-state index < -0.39 is 5.60 Å². The Bertz CT molecular complexity index is 498. The molecule has 1 aliphatic rings. The molecule has 1 unspecified atom stereocenters. The molecule has 4 heteroatoms. The average Bonchev–Trinajstić information content (AvgIpc) is 2.54. The van der Waals surface area contributed by atoms with Crippen molar-refractivity contribution in [3.05, 3.63) is 29.8 Å². The van der Waals surface area contributed by atoms with E-state index in [4.69, 9.17) is 0 Å². The number of rotatable bonds is 8. The van der Waals surface area contributed by atoms with E-state index in [1.165, 1.54) is 0 Å². The molecule has 0 saturated carbocycles. The van der Waals surface area contributed by atoms with Gasteiger partial charge in [-0.05, 0) is 96.8 Å². The van der Waals surface area contributed by atoms with E-state index in [1.54, 1.807) is 6.07 Å². The zero-order chi connectivity index (χ0) is 17.6. The summed E-state index contributed by atoms with van der Waals surface area (Å²) in [5.41, 5.74) is 0.316. The summed E-state index contributed by atoms with van der Waals surface area (Å²) in [5.74, 6) is 0.707. The van der Waals surface area contributed by atoms with E-state index in [1.807, 2.05) is 18.2 Å². The molecule has 0 aliphatic carbocycles. The zero-order valence-corrected chi connectivity index (χ0v) is 15.5. The fourth-order valence-electron chi connectivity index (χ4n) is 3.85. The molecule has 1 aromatic carbocycles. The summed E-state index contributed by atoms with van der Waals surface area (Å²) in [7, 11) is 6.32. The Morgan fingerprint density at radius 2 is 1.83 bits per heavy atom. The summed E-state index contributed by atoms with van der Waals surface area (Å²) in [4.78, 5) is 4.53. The van der Waals surface area contributed by atoms with Crippen molar-refractivity contribution in [1.82, 2.24) is 9.80 Å². The molecular weight excluding hydrogens is 300 g/mol. The van der Waals surface area contributed by atoms with Gasteiger partial charge >= 0.3 is 0 Å². The highest BCUT2D eigenvalue weighted by Gasteiger charge is 2.37. The van der Waals surface area contributed by atoms with Gasteiger partial charge in [-0.15, -0.1) is 0 Å². The number of hydrogen-bond donors (Lipinski definition) is 2. The summed E-state index contributed by atoms with van der Waals surface area (Å²) in [5, 5.41) is 21.5. The largest absolute Gasteiger partial charge is 0.508 e. The summed E-state index contributed by atoms with van der Waals surface area (Å²) in [6.07, 6.45) is 5.44. The molecule has 1 atom stereocenters. The van der Waals surface area contributed by atoms with Gasteiger partial charge in [0.15, 0.2) is 0 Å². The van der Waals surface area contributed by atoms with Crippen LogP contribution in [0, 0.1) is 5.92 Å². The topological polar surface area (TPSA) is 46.9 Å². The van der Waals surface area contributed by atoms with Gasteiger partial charge in [-0.2, -0.15) is 0 Å². The van der Waals surface area contributed by atoms with Crippen molar-refractivity contribution < 1.29 is 10.2 Å². The zero-order valence-electron chi connectivity index (χ0n) is 15.5. The molecule has 0 spiro atoms. The predicted octanol–water partition coefficient (Wildman–Crippen LogP) is 2.74. The standard InChI is InChI=1S/C20H34N2O2/c1-21(2)14-6-12-20(24,18-10-15-22(3)16-11-18)13-9-17-7-4-5-8-19(17)23/h4-5,7-8,18,23-24H,6,9-16H2,1-3H3. The maximum atomic E-state index is 11.5. The molecule has 1 fully saturated rings. The molecule has 1 saturated heterocycles. The molecule has 1 aromatic rings. The molecule has 0 aromatic heterocycles. The van der Waals surface area contributed by atoms with Gasteiger partial charge in [0, 0.05) is 0 Å². The number of likely N-dealkylation sites (tertiary alicyclic amines) is 1. The second-order valence-electron chi connectivity index (χ2n) is 7.72. The van der Waals surface area contributed by atoms with Crippen LogP contribution in [0.1, 0.15) is 37.7 Å². The molecule has 2 rings (SSSR count). The third kappa shape index (κ3) is 5.47. The maximum absolute atomic E-state index is 11.5. The summed E-state index contributed by atoms with van der Waals surface area (Å²) in [6.45, 7) is 3.14. The Labute approximate surface area is 147 Å². The molecular formula is C20H34N2O2. The lowest BCUT2D eigenvalue weighted by Crippen LogP contribution is -2.45. The van der Waals surface area contributed by atoms with Gasteiger partial charge in [-0.3, -0.25) is 0 Å². The third-order valence-electron chi connectivity index (χ3n) is 5.51. The van der Waals surface area contributed by atoms with Crippen molar-refractivity contribution in [2.75, 3.05) is 40.8 Å². The van der Waals surface area contributed by atoms with Gasteiger partial charge < -0.3 is 20.0 Å². The minimum absolute atomic E-state index is 0.344. The maximum Gasteiger partial charge on any atom is 0.118 e. The Morgan fingerprint density at radius 1 is 1.17 bits per heavy atom. The highest BCUT2D eigenvalue weighted by atomic mass is 16.3. The fraction of sp³-hybridized carbons (Fsp3) is 0.700. The second-order valence-corrected chi connectivity index (χ2v) is 7.72. The smallest absolute Gasteiger partial charge is 0.118 e. The minimum atomic E-state index is -0.625. The monoisotopic (exact) mass is 334 g/mol. The number of nitrogens with zero attached hydrogens (tertiary/aromatic N) is 2. The van der Waals surface area contributed by atoms with Gasteiger partial charge in [0.2, 0.25) is 0 Å². The Hall–Kier alpha value is -1.10. The molecule has 24 heavy (non-hydrogen) atoms. The highest BCUT2D eigenvalue weighted by Crippen LogP contribution is 2.36. The molecule has 2 N–H and O–H groups in total. The van der Waals surface area contributed by atoms with Crippen LogP contribution in [0.2, 0.25) is 0 Å². The highest BCUT2D eigenvalue weighted by molar-refractivity contribution is 5.31. The van der Waals surface area contributed by atoms with Crippen molar-refractivity contribution in [2.45, 2.75) is 44.1 Å². The Kier molecular flexibility index (Phi) is 7.08. The number of aromatic hydroxyl groups is 1. The first kappa shape index (κ1) is 19.2. The van der Waals surface area contributed by atoms with E-state index in [9.17, 15) is 10.2 Å². The molecule has 0 bridgehead atoms. The van der Waals surface area contributed by atoms with Crippen molar-refractivity contribution in [2.24, 2.45) is 5.92 Å². The molecule has 0 radical (unpaired) electrons. The fourth-order valence-corrected chi connectivity index (χ4v) is 3.85. The quantitative estimate of drug-likeness (QED) is 0.767. The SMILES string of the molecule is CN(C)CCCC(O)(CCc1ccccc1O)C1CCN(C)CC1. The van der Waals surface area contributed by atoms with Crippen LogP contribution in [0.25, 0.3) is 0 Å². The number of aliphatic hydroxyl groups is 1. The Morgan fingerprint density at radius 3 is 2.46 bits per heavy atom. The first-order valence-electron chi connectivity index (χ1n) is 9.23. The molecule has 1 heterocycles. The van der Waals surface area contributed by atoms with Crippen molar-refractivity contribution in [1.29, 1.82) is 0 Å². The number of benzene rings is 1. The lowest BCUT2D eigenvalue weighted by molar-refractivity contribution is -0.0557. The first-order valence-corrected chi connectivity index (χ1v) is 9.23. The molecule has 1 aliphatic heterocycles. The lowest BCUT2D eigenvalue weighted by Gasteiger charge is -2.41. The lowest BCUT2D eigenvalue weighted by atomic mass is 9.74. The predicted molar refractivity (Wildman–Crippen MR) is 99.4 cm³/mol. The summed E-state index contributed by atoms with van der Waals surface area (Å²) < 4.78 is 0. The van der Waals surface area contributed by atoms with Crippen molar-refractivity contribution in [3.8, 4) is 5.75 Å². The van der Waals surface area contributed by atoms with Crippen LogP contribution in [0.5, 0.6) is 5.75 Å². The normalized spacial score (nSPS) is 19.5. The number of phenols is 1. The van der Waals surface area contributed by atoms with E-state index in [-0.39, 0.29) is 0 Å². The van der Waals surface area contributed by atoms with Gasteiger partial charge in [-0.1, -0.05) is 18.2 Å². The van der Waals surface area contributed by atoms with Crippen LogP contribution in [0.3, 0.4) is 0 Å². The van der Waals surface area contributed by atoms with Crippen molar-refractivity contribution >= 4 is 0 Å². The van der Waals surface area contributed by atoms with Gasteiger partial charge in [0.1, 0.15) is 5.75 Å². The van der Waals surface area contributed by atoms with E-state index >= 15 is 0 Å². The van der Waals surface area contributed by atoms with Crippen LogP contribution in [0.4, 0.5) is 0 Å². The average molecular weight is 335 g/mol. The number of para-hydroxylation sites is 1. The summed E-state index contributed by atoms with van der Waals surface area (Å²) >= 11 is 0. The van der Waals surface area contributed by atoms with E-state index in [0.717, 1.165) is 63.7 Å². The summed E-state index contributed by atoms with van der Waals surface area (Å²) in [6, 6.07) is 7.50. The third-order valence-corrected chi connectivity index (χ3v) is 5.51. The number of phenolic OH excluding ortho intramolecular Hbond substituents is 1. The molecule has 136 valence electrons. The minimum Gasteiger partial charge on any atom is -0.508 e. The van der Waals surface area contributed by atoms with Crippen LogP contribution >= 0.6 is 0 Å². The number of hydrogen-bond acceptors (Lipinski definition) is 4. The molecule has 0 amide bonds. The van der Waals surface area contributed by atoms with E-state index in [0.29, 0.717) is 11.7 Å². The second kappa shape index (κ2) is 8.84. The Balaban J connectivity index is 2.02. The van der Waals surface area contributed by atoms with Gasteiger partial charge in [0.05, 0.1) is 5.60 Å². The first-order chi connectivity index (χ1) is 11.4. The van der Waals surface area contributed by atoms with Crippen LogP contribution < -0.4 is 0 Å². The number of piperidine rings is 1. The van der Waals surface area contributed by atoms with Crippen LogP contribution in [-0.4, -0.2) is 66.4 Å². The van der Waals surface area contributed by atoms with E-state index in [2.05, 4.69) is 30.9 Å². The van der Waals surface area contributed by atoms with Gasteiger partial charge in [-0.25, -0.2) is 0 Å². The van der Waals surface area contributed by atoms with Crippen molar-refractivity contribution in [3.63, 3.8) is 0 Å². The molecule has 4 nitrogen and oxygen atoms in total.